The van der Waals surface area contributed by atoms with E-state index in [9.17, 15) is 0 Å². The van der Waals surface area contributed by atoms with Gasteiger partial charge in [0, 0.05) is 19.4 Å². The Morgan fingerprint density at radius 1 is 1.36 bits per heavy atom. The second-order valence-electron chi connectivity index (χ2n) is 3.78. The molecule has 3 nitrogen and oxygen atoms in total. The second kappa shape index (κ2) is 5.39. The summed E-state index contributed by atoms with van der Waals surface area (Å²) in [6.45, 7) is 4.30. The van der Waals surface area contributed by atoms with Crippen molar-refractivity contribution < 1.29 is 0 Å². The molecule has 0 saturated carbocycles. The molecule has 0 unspecified atom stereocenters. The summed E-state index contributed by atoms with van der Waals surface area (Å²) < 4.78 is 2.13. The van der Waals surface area contributed by atoms with Crippen LogP contribution in [0.15, 0.2) is 0 Å². The van der Waals surface area contributed by atoms with Gasteiger partial charge in [0.25, 0.3) is 0 Å². The van der Waals surface area contributed by atoms with Gasteiger partial charge in [0.15, 0.2) is 0 Å². The van der Waals surface area contributed by atoms with Crippen LogP contribution in [-0.2, 0) is 13.5 Å². The molecule has 0 aromatic carbocycles. The summed E-state index contributed by atoms with van der Waals surface area (Å²) in [4.78, 5) is 0. The SMILES string of the molecule is CSCCCc1nnc(C(C)C)n1C. The van der Waals surface area contributed by atoms with Crippen LogP contribution in [0.25, 0.3) is 0 Å². The van der Waals surface area contributed by atoms with E-state index in [0.29, 0.717) is 5.92 Å². The van der Waals surface area contributed by atoms with E-state index >= 15 is 0 Å². The van der Waals surface area contributed by atoms with Gasteiger partial charge in [-0.1, -0.05) is 13.8 Å². The molecule has 1 rings (SSSR count). The van der Waals surface area contributed by atoms with Gasteiger partial charge < -0.3 is 4.57 Å². The van der Waals surface area contributed by atoms with Crippen molar-refractivity contribution in [1.82, 2.24) is 14.8 Å². The van der Waals surface area contributed by atoms with E-state index in [1.807, 2.05) is 11.8 Å². The predicted octanol–water partition coefficient (Wildman–Crippen LogP) is 2.23. The zero-order valence-electron chi connectivity index (χ0n) is 9.45. The lowest BCUT2D eigenvalue weighted by Gasteiger charge is -2.05. The number of aromatic nitrogens is 3. The number of rotatable bonds is 5. The molecule has 0 radical (unpaired) electrons. The van der Waals surface area contributed by atoms with Crippen molar-refractivity contribution in [3.8, 4) is 0 Å². The average Bonchev–Trinajstić information content (AvgIpc) is 2.48. The summed E-state index contributed by atoms with van der Waals surface area (Å²) in [5.74, 6) is 3.86. The Hall–Kier alpha value is -0.510. The monoisotopic (exact) mass is 213 g/mol. The van der Waals surface area contributed by atoms with E-state index in [-0.39, 0.29) is 0 Å². The molecule has 0 N–H and O–H groups in total. The lowest BCUT2D eigenvalue weighted by Crippen LogP contribution is -2.04. The minimum Gasteiger partial charge on any atom is -0.318 e. The number of hydrogen-bond acceptors (Lipinski definition) is 3. The van der Waals surface area contributed by atoms with Crippen LogP contribution >= 0.6 is 11.8 Å². The van der Waals surface area contributed by atoms with E-state index in [4.69, 9.17) is 0 Å². The first kappa shape index (κ1) is 11.6. The molecule has 1 heterocycles. The van der Waals surface area contributed by atoms with Crippen molar-refractivity contribution in [2.24, 2.45) is 7.05 Å². The minimum absolute atomic E-state index is 0.460. The first-order valence-electron chi connectivity index (χ1n) is 5.04. The highest BCUT2D eigenvalue weighted by Gasteiger charge is 2.10. The average molecular weight is 213 g/mol. The smallest absolute Gasteiger partial charge is 0.135 e. The van der Waals surface area contributed by atoms with Crippen LogP contribution in [0.3, 0.4) is 0 Å². The first-order chi connectivity index (χ1) is 6.66. The molecule has 0 aliphatic heterocycles. The van der Waals surface area contributed by atoms with Crippen molar-refractivity contribution in [1.29, 1.82) is 0 Å². The summed E-state index contributed by atoms with van der Waals surface area (Å²) in [6, 6.07) is 0. The largest absolute Gasteiger partial charge is 0.318 e. The molecule has 0 spiro atoms. The van der Waals surface area contributed by atoms with E-state index in [0.717, 1.165) is 18.1 Å². The standard InChI is InChI=1S/C10H19N3S/c1-8(2)10-12-11-9(13(10)3)6-5-7-14-4/h8H,5-7H2,1-4H3. The summed E-state index contributed by atoms with van der Waals surface area (Å²) in [5.41, 5.74) is 0. The molecule has 0 amide bonds. The Morgan fingerprint density at radius 2 is 2.07 bits per heavy atom. The molecule has 0 aliphatic carbocycles. The summed E-state index contributed by atoms with van der Waals surface area (Å²) in [6.07, 6.45) is 4.36. The Kier molecular flexibility index (Phi) is 4.45. The van der Waals surface area contributed by atoms with Crippen LogP contribution in [0.2, 0.25) is 0 Å². The van der Waals surface area contributed by atoms with Crippen molar-refractivity contribution in [2.75, 3.05) is 12.0 Å². The fourth-order valence-corrected chi connectivity index (χ4v) is 1.90. The molecule has 0 atom stereocenters. The highest BCUT2D eigenvalue weighted by atomic mass is 32.2. The maximum atomic E-state index is 4.21. The van der Waals surface area contributed by atoms with Gasteiger partial charge in [-0.3, -0.25) is 0 Å². The van der Waals surface area contributed by atoms with E-state index in [1.165, 1.54) is 12.2 Å². The predicted molar refractivity (Wildman–Crippen MR) is 61.8 cm³/mol. The summed E-state index contributed by atoms with van der Waals surface area (Å²) >= 11 is 1.88. The maximum Gasteiger partial charge on any atom is 0.135 e. The molecule has 0 fully saturated rings. The topological polar surface area (TPSA) is 30.7 Å². The van der Waals surface area contributed by atoms with Gasteiger partial charge in [-0.2, -0.15) is 11.8 Å². The highest BCUT2D eigenvalue weighted by molar-refractivity contribution is 7.98. The Balaban J connectivity index is 2.60. The Bertz CT molecular complexity index is 281. The second-order valence-corrected chi connectivity index (χ2v) is 4.77. The van der Waals surface area contributed by atoms with E-state index in [2.05, 4.69) is 41.9 Å². The van der Waals surface area contributed by atoms with E-state index in [1.54, 1.807) is 0 Å². The Labute approximate surface area is 90.3 Å². The fourth-order valence-electron chi connectivity index (χ4n) is 1.47. The molecule has 0 saturated heterocycles. The van der Waals surface area contributed by atoms with Crippen molar-refractivity contribution in [3.63, 3.8) is 0 Å². The molecular formula is C10H19N3S. The van der Waals surface area contributed by atoms with Crippen molar-refractivity contribution in [3.05, 3.63) is 11.6 Å². The zero-order chi connectivity index (χ0) is 10.6. The quantitative estimate of drug-likeness (QED) is 0.703. The third kappa shape index (κ3) is 2.74. The van der Waals surface area contributed by atoms with E-state index < -0.39 is 0 Å². The van der Waals surface area contributed by atoms with Crippen LogP contribution in [0.4, 0.5) is 0 Å². The molecular weight excluding hydrogens is 194 g/mol. The van der Waals surface area contributed by atoms with Gasteiger partial charge in [0.1, 0.15) is 11.6 Å². The van der Waals surface area contributed by atoms with Crippen LogP contribution in [-0.4, -0.2) is 26.8 Å². The molecule has 14 heavy (non-hydrogen) atoms. The number of aryl methyl sites for hydroxylation is 1. The molecule has 1 aromatic heterocycles. The minimum atomic E-state index is 0.460. The summed E-state index contributed by atoms with van der Waals surface area (Å²) in [5, 5.41) is 8.41. The highest BCUT2D eigenvalue weighted by Crippen LogP contribution is 2.12. The lowest BCUT2D eigenvalue weighted by atomic mass is 10.2. The summed E-state index contributed by atoms with van der Waals surface area (Å²) in [7, 11) is 2.06. The normalized spacial score (nSPS) is 11.2. The lowest BCUT2D eigenvalue weighted by molar-refractivity contribution is 0.682. The van der Waals surface area contributed by atoms with Gasteiger partial charge in [-0.15, -0.1) is 10.2 Å². The third-order valence-corrected chi connectivity index (χ3v) is 2.96. The van der Waals surface area contributed by atoms with Crippen molar-refractivity contribution in [2.45, 2.75) is 32.6 Å². The maximum absolute atomic E-state index is 4.21. The van der Waals surface area contributed by atoms with Gasteiger partial charge in [-0.05, 0) is 18.4 Å². The third-order valence-electron chi connectivity index (χ3n) is 2.26. The first-order valence-corrected chi connectivity index (χ1v) is 6.43. The van der Waals surface area contributed by atoms with Crippen LogP contribution < -0.4 is 0 Å². The Morgan fingerprint density at radius 3 is 2.57 bits per heavy atom. The number of nitrogens with zero attached hydrogens (tertiary/aromatic N) is 3. The molecule has 0 aliphatic rings. The van der Waals surface area contributed by atoms with Crippen LogP contribution in [0.5, 0.6) is 0 Å². The molecule has 80 valence electrons. The van der Waals surface area contributed by atoms with Crippen LogP contribution in [0.1, 0.15) is 37.8 Å². The van der Waals surface area contributed by atoms with Crippen molar-refractivity contribution >= 4 is 11.8 Å². The molecule has 1 aromatic rings. The number of thioether (sulfide) groups is 1. The fraction of sp³-hybridized carbons (Fsp3) is 0.800. The van der Waals surface area contributed by atoms with Gasteiger partial charge in [-0.25, -0.2) is 0 Å². The van der Waals surface area contributed by atoms with Gasteiger partial charge >= 0.3 is 0 Å². The van der Waals surface area contributed by atoms with Gasteiger partial charge in [0.2, 0.25) is 0 Å². The van der Waals surface area contributed by atoms with Crippen LogP contribution in [0, 0.1) is 0 Å². The number of hydrogen-bond donors (Lipinski definition) is 0. The molecule has 4 heteroatoms. The molecule has 0 bridgehead atoms. The van der Waals surface area contributed by atoms with Gasteiger partial charge in [0.05, 0.1) is 0 Å². The zero-order valence-corrected chi connectivity index (χ0v) is 10.3.